The van der Waals surface area contributed by atoms with E-state index in [2.05, 4.69) is 24.4 Å². The van der Waals surface area contributed by atoms with Gasteiger partial charge < -0.3 is 15.2 Å². The Bertz CT molecular complexity index is 735. The summed E-state index contributed by atoms with van der Waals surface area (Å²) in [6.07, 6.45) is 1.86. The highest BCUT2D eigenvalue weighted by molar-refractivity contribution is 5.73. The molecule has 0 spiro atoms. The molecule has 0 amide bonds. The molecule has 0 heterocycles. The lowest BCUT2D eigenvalue weighted by molar-refractivity contribution is -0.151. The van der Waals surface area contributed by atoms with E-state index in [0.717, 1.165) is 35.2 Å². The normalized spacial score (nSPS) is 16.2. The summed E-state index contributed by atoms with van der Waals surface area (Å²) in [7, 11) is 1.90. The molecule has 4 nitrogen and oxygen atoms in total. The summed E-state index contributed by atoms with van der Waals surface area (Å²) < 4.78 is 5.67. The van der Waals surface area contributed by atoms with Gasteiger partial charge in [-0.3, -0.25) is 0 Å². The molecule has 3 rings (SSSR count). The molecule has 4 heteroatoms. The zero-order chi connectivity index (χ0) is 17.9. The summed E-state index contributed by atoms with van der Waals surface area (Å²) in [5.74, 6) is -0.893. The van der Waals surface area contributed by atoms with Crippen LogP contribution in [0.3, 0.4) is 0 Å². The zero-order valence-electron chi connectivity index (χ0n) is 14.8. The van der Waals surface area contributed by atoms with Crippen LogP contribution in [0, 0.1) is 5.41 Å². The second kappa shape index (κ2) is 7.28. The van der Waals surface area contributed by atoms with Crippen LogP contribution in [-0.4, -0.2) is 30.8 Å². The summed E-state index contributed by atoms with van der Waals surface area (Å²) in [5.41, 5.74) is 4.47. The molecular weight excluding hydrogens is 314 g/mol. The van der Waals surface area contributed by atoms with Gasteiger partial charge in [-0.05, 0) is 47.1 Å². The van der Waals surface area contributed by atoms with Crippen molar-refractivity contribution in [2.75, 3.05) is 19.0 Å². The van der Waals surface area contributed by atoms with E-state index >= 15 is 0 Å². The molecule has 0 aromatic heterocycles. The molecule has 0 radical (unpaired) electrons. The van der Waals surface area contributed by atoms with Gasteiger partial charge in [-0.1, -0.05) is 43.3 Å². The highest BCUT2D eigenvalue weighted by Gasteiger charge is 2.38. The van der Waals surface area contributed by atoms with Crippen LogP contribution in [0.25, 0.3) is 11.1 Å². The third-order valence-corrected chi connectivity index (χ3v) is 4.87. The van der Waals surface area contributed by atoms with E-state index in [4.69, 9.17) is 4.74 Å². The SMILES string of the molecule is CNc1cccc(-c2ccc(CC(OCC3(C)CC3)C(=O)O)cc2)c1. The minimum Gasteiger partial charge on any atom is -0.479 e. The third kappa shape index (κ3) is 4.60. The van der Waals surface area contributed by atoms with Crippen LogP contribution in [0.1, 0.15) is 25.3 Å². The van der Waals surface area contributed by atoms with Crippen LogP contribution >= 0.6 is 0 Å². The monoisotopic (exact) mass is 339 g/mol. The molecule has 1 unspecified atom stereocenters. The molecule has 1 saturated carbocycles. The van der Waals surface area contributed by atoms with Crippen LogP contribution < -0.4 is 5.32 Å². The van der Waals surface area contributed by atoms with E-state index < -0.39 is 12.1 Å². The van der Waals surface area contributed by atoms with Gasteiger partial charge in [0.05, 0.1) is 6.61 Å². The van der Waals surface area contributed by atoms with Crippen LogP contribution in [0.5, 0.6) is 0 Å². The molecule has 0 aliphatic heterocycles. The number of carbonyl (C=O) groups is 1. The van der Waals surface area contributed by atoms with Crippen molar-refractivity contribution in [3.05, 3.63) is 54.1 Å². The first kappa shape index (κ1) is 17.5. The van der Waals surface area contributed by atoms with Gasteiger partial charge in [-0.15, -0.1) is 0 Å². The van der Waals surface area contributed by atoms with E-state index in [1.165, 1.54) is 0 Å². The summed E-state index contributed by atoms with van der Waals surface area (Å²) in [5, 5.41) is 12.5. The van der Waals surface area contributed by atoms with Crippen molar-refractivity contribution in [3.8, 4) is 11.1 Å². The predicted octanol–water partition coefficient (Wildman–Crippen LogP) is 4.21. The van der Waals surface area contributed by atoms with Gasteiger partial charge in [0, 0.05) is 19.2 Å². The fraction of sp³-hybridized carbons (Fsp3) is 0.381. The number of anilines is 1. The Hall–Kier alpha value is -2.33. The molecule has 1 atom stereocenters. The molecule has 2 aromatic rings. The standard InChI is InChI=1S/C21H25NO3/c1-21(10-11-21)14-25-19(20(23)24)12-15-6-8-16(9-7-15)17-4-3-5-18(13-17)22-2/h3-9,13,19,22H,10-12,14H2,1-2H3,(H,23,24). The lowest BCUT2D eigenvalue weighted by atomic mass is 10.0. The van der Waals surface area contributed by atoms with Crippen molar-refractivity contribution in [1.29, 1.82) is 0 Å². The number of hydrogen-bond acceptors (Lipinski definition) is 3. The second-order valence-corrected chi connectivity index (χ2v) is 7.18. The first-order chi connectivity index (χ1) is 12.0. The van der Waals surface area contributed by atoms with Gasteiger partial charge in [0.1, 0.15) is 0 Å². The summed E-state index contributed by atoms with van der Waals surface area (Å²) in [6, 6.07) is 16.2. The Morgan fingerprint density at radius 2 is 1.92 bits per heavy atom. The van der Waals surface area contributed by atoms with Gasteiger partial charge in [0.25, 0.3) is 0 Å². The Morgan fingerprint density at radius 1 is 1.20 bits per heavy atom. The van der Waals surface area contributed by atoms with E-state index in [-0.39, 0.29) is 5.41 Å². The fourth-order valence-corrected chi connectivity index (χ4v) is 2.78. The van der Waals surface area contributed by atoms with Crippen LogP contribution in [-0.2, 0) is 16.0 Å². The largest absolute Gasteiger partial charge is 0.479 e. The number of benzene rings is 2. The lowest BCUT2D eigenvalue weighted by Crippen LogP contribution is -2.28. The molecule has 1 aliphatic rings. The van der Waals surface area contributed by atoms with Gasteiger partial charge in [-0.2, -0.15) is 0 Å². The average molecular weight is 339 g/mol. The first-order valence-electron chi connectivity index (χ1n) is 8.71. The predicted molar refractivity (Wildman–Crippen MR) is 99.8 cm³/mol. The number of carboxylic acids is 1. The molecule has 0 bridgehead atoms. The van der Waals surface area contributed by atoms with Crippen LogP contribution in [0.4, 0.5) is 5.69 Å². The van der Waals surface area contributed by atoms with Crippen molar-refractivity contribution in [3.63, 3.8) is 0 Å². The van der Waals surface area contributed by atoms with Crippen molar-refractivity contribution in [2.45, 2.75) is 32.3 Å². The number of carboxylic acid groups (broad SMARTS) is 1. The van der Waals surface area contributed by atoms with Gasteiger partial charge in [-0.25, -0.2) is 4.79 Å². The topological polar surface area (TPSA) is 58.6 Å². The maximum atomic E-state index is 11.5. The Morgan fingerprint density at radius 3 is 2.52 bits per heavy atom. The highest BCUT2D eigenvalue weighted by Crippen LogP contribution is 2.45. The number of hydrogen-bond donors (Lipinski definition) is 2. The molecule has 1 fully saturated rings. The van der Waals surface area contributed by atoms with Crippen LogP contribution in [0.15, 0.2) is 48.5 Å². The zero-order valence-corrected chi connectivity index (χ0v) is 14.8. The van der Waals surface area contributed by atoms with Gasteiger partial charge in [0.15, 0.2) is 6.10 Å². The maximum absolute atomic E-state index is 11.5. The molecule has 1 aliphatic carbocycles. The van der Waals surface area contributed by atoms with Crippen molar-refractivity contribution < 1.29 is 14.6 Å². The van der Waals surface area contributed by atoms with Crippen molar-refractivity contribution in [2.24, 2.45) is 5.41 Å². The summed E-state index contributed by atoms with van der Waals surface area (Å²) in [4.78, 5) is 11.5. The highest BCUT2D eigenvalue weighted by atomic mass is 16.5. The first-order valence-corrected chi connectivity index (χ1v) is 8.71. The number of rotatable bonds is 8. The molecule has 0 saturated heterocycles. The van der Waals surface area contributed by atoms with E-state index in [1.54, 1.807) is 0 Å². The summed E-state index contributed by atoms with van der Waals surface area (Å²) >= 11 is 0. The quantitative estimate of drug-likeness (QED) is 0.756. The Kier molecular flexibility index (Phi) is 5.09. The number of aliphatic carboxylic acids is 1. The lowest BCUT2D eigenvalue weighted by Gasteiger charge is -2.17. The van der Waals surface area contributed by atoms with Crippen molar-refractivity contribution in [1.82, 2.24) is 0 Å². The second-order valence-electron chi connectivity index (χ2n) is 7.18. The maximum Gasteiger partial charge on any atom is 0.333 e. The van der Waals surface area contributed by atoms with Crippen molar-refractivity contribution >= 4 is 11.7 Å². The van der Waals surface area contributed by atoms with Crippen LogP contribution in [0.2, 0.25) is 0 Å². The molecule has 2 aromatic carbocycles. The van der Waals surface area contributed by atoms with E-state index in [0.29, 0.717) is 13.0 Å². The Labute approximate surface area is 148 Å². The van der Waals surface area contributed by atoms with Gasteiger partial charge >= 0.3 is 5.97 Å². The minimum absolute atomic E-state index is 0.190. The molecular formula is C21H25NO3. The van der Waals surface area contributed by atoms with E-state index in [9.17, 15) is 9.90 Å². The molecule has 25 heavy (non-hydrogen) atoms. The van der Waals surface area contributed by atoms with Gasteiger partial charge in [0.2, 0.25) is 0 Å². The number of nitrogens with one attached hydrogen (secondary N) is 1. The third-order valence-electron chi connectivity index (χ3n) is 4.87. The van der Waals surface area contributed by atoms with E-state index in [1.807, 2.05) is 43.4 Å². The summed E-state index contributed by atoms with van der Waals surface area (Å²) in [6.45, 7) is 2.67. The average Bonchev–Trinajstić information content (AvgIpc) is 3.36. The minimum atomic E-state index is -0.893. The smallest absolute Gasteiger partial charge is 0.333 e. The fourth-order valence-electron chi connectivity index (χ4n) is 2.78. The molecule has 132 valence electrons. The molecule has 2 N–H and O–H groups in total. The Balaban J connectivity index is 1.66. The number of ether oxygens (including phenoxy) is 1.